The molecule has 0 aromatic carbocycles. The van der Waals surface area contributed by atoms with E-state index in [1.807, 2.05) is 0 Å². The van der Waals surface area contributed by atoms with Gasteiger partial charge in [-0.25, -0.2) is 4.57 Å². The molecule has 3 atom stereocenters. The average molecular weight is 1130 g/mol. The van der Waals surface area contributed by atoms with Crippen molar-refractivity contribution in [3.63, 3.8) is 0 Å². The van der Waals surface area contributed by atoms with Crippen molar-refractivity contribution < 1.29 is 52.2 Å². The van der Waals surface area contributed by atoms with Crippen LogP contribution in [-0.4, -0.2) is 66.5 Å². The van der Waals surface area contributed by atoms with Gasteiger partial charge in [0.25, 0.3) is 0 Å². The highest BCUT2D eigenvalue weighted by Gasteiger charge is 2.28. The van der Waals surface area contributed by atoms with Crippen LogP contribution in [0.2, 0.25) is 0 Å². The summed E-state index contributed by atoms with van der Waals surface area (Å²) < 4.78 is 39.6. The first-order chi connectivity index (χ1) is 39.2. The largest absolute Gasteiger partial charge is 0.472 e. The quantitative estimate of drug-likeness (QED) is 0.0197. The summed E-state index contributed by atoms with van der Waals surface area (Å²) in [6.07, 6.45) is 78.0. The molecular formula is C68H109O11P. The Morgan fingerprint density at radius 2 is 0.613 bits per heavy atom. The Morgan fingerprint density at radius 1 is 0.350 bits per heavy atom. The van der Waals surface area contributed by atoms with Gasteiger partial charge in [0.1, 0.15) is 12.7 Å². The van der Waals surface area contributed by atoms with Crippen molar-refractivity contribution in [2.75, 3.05) is 26.4 Å². The fraction of sp³-hybridized carbons (Fsp3) is 0.603. The Kier molecular flexibility index (Phi) is 56.9. The van der Waals surface area contributed by atoms with Crippen LogP contribution in [0.5, 0.6) is 0 Å². The minimum absolute atomic E-state index is 0.116. The van der Waals surface area contributed by atoms with Gasteiger partial charge in [-0.1, -0.05) is 218 Å². The van der Waals surface area contributed by atoms with Gasteiger partial charge in [-0.2, -0.15) is 0 Å². The lowest BCUT2D eigenvalue weighted by Crippen LogP contribution is -2.30. The number of hydrogen-bond donors (Lipinski definition) is 2. The van der Waals surface area contributed by atoms with E-state index in [4.69, 9.17) is 23.3 Å². The number of phosphoric acid groups is 1. The monoisotopic (exact) mass is 1130 g/mol. The van der Waals surface area contributed by atoms with E-state index < -0.39 is 57.8 Å². The molecule has 0 fully saturated rings. The molecule has 0 aliphatic carbocycles. The zero-order chi connectivity index (χ0) is 58.3. The molecule has 0 saturated carbocycles. The minimum atomic E-state index is -4.78. The number of ether oxygens (including phenoxy) is 3. The van der Waals surface area contributed by atoms with E-state index in [1.165, 1.54) is 12.8 Å². The minimum Gasteiger partial charge on any atom is -0.462 e. The van der Waals surface area contributed by atoms with Crippen LogP contribution >= 0.6 is 7.82 Å². The first-order valence-electron chi connectivity index (χ1n) is 30.7. The molecule has 452 valence electrons. The second kappa shape index (κ2) is 60.5. The molecule has 0 spiro atoms. The van der Waals surface area contributed by atoms with E-state index in [1.54, 1.807) is 0 Å². The van der Waals surface area contributed by atoms with Crippen LogP contribution in [0.25, 0.3) is 0 Å². The number of carbonyl (C=O) groups is 3. The molecular weight excluding hydrogens is 1020 g/mol. The van der Waals surface area contributed by atoms with E-state index in [-0.39, 0.29) is 25.9 Å². The van der Waals surface area contributed by atoms with Gasteiger partial charge in [0.05, 0.1) is 19.8 Å². The van der Waals surface area contributed by atoms with Gasteiger partial charge in [0, 0.05) is 19.3 Å². The molecule has 80 heavy (non-hydrogen) atoms. The van der Waals surface area contributed by atoms with Gasteiger partial charge in [0.2, 0.25) is 0 Å². The number of hydrogen-bond acceptors (Lipinski definition) is 10. The third kappa shape index (κ3) is 58.0. The van der Waals surface area contributed by atoms with Crippen molar-refractivity contribution in [1.29, 1.82) is 0 Å². The van der Waals surface area contributed by atoms with Crippen molar-refractivity contribution in [3.8, 4) is 0 Å². The molecule has 0 amide bonds. The summed E-state index contributed by atoms with van der Waals surface area (Å²) in [5.41, 5.74) is 0. The third-order valence-electron chi connectivity index (χ3n) is 12.2. The predicted molar refractivity (Wildman–Crippen MR) is 334 cm³/mol. The number of phosphoric ester groups is 1. The van der Waals surface area contributed by atoms with E-state index >= 15 is 0 Å². The van der Waals surface area contributed by atoms with Gasteiger partial charge < -0.3 is 24.2 Å². The molecule has 2 N–H and O–H groups in total. The predicted octanol–water partition coefficient (Wildman–Crippen LogP) is 18.7. The van der Waals surface area contributed by atoms with Gasteiger partial charge >= 0.3 is 25.7 Å². The summed E-state index contributed by atoms with van der Waals surface area (Å²) in [5.74, 6) is -1.55. The Hall–Kier alpha value is -4.64. The Labute approximate surface area is 486 Å². The third-order valence-corrected chi connectivity index (χ3v) is 13.2. The number of aliphatic hydroxyl groups excluding tert-OH is 1. The molecule has 0 aliphatic heterocycles. The summed E-state index contributed by atoms with van der Waals surface area (Å²) in [7, 11) is -4.78. The van der Waals surface area contributed by atoms with Crippen molar-refractivity contribution in [3.05, 3.63) is 146 Å². The van der Waals surface area contributed by atoms with Crippen molar-refractivity contribution in [2.45, 2.75) is 238 Å². The fourth-order valence-electron chi connectivity index (χ4n) is 7.68. The smallest absolute Gasteiger partial charge is 0.462 e. The van der Waals surface area contributed by atoms with Crippen LogP contribution in [0.15, 0.2) is 146 Å². The number of unbranched alkanes of at least 4 members (excludes halogenated alkanes) is 14. The normalized spacial score (nSPS) is 14.3. The van der Waals surface area contributed by atoms with Crippen LogP contribution in [0.3, 0.4) is 0 Å². The summed E-state index contributed by atoms with van der Waals surface area (Å²) >= 11 is 0. The topological polar surface area (TPSA) is 155 Å². The lowest BCUT2D eigenvalue weighted by atomic mass is 10.1. The van der Waals surface area contributed by atoms with E-state index in [2.05, 4.69) is 167 Å². The van der Waals surface area contributed by atoms with Crippen molar-refractivity contribution in [2.24, 2.45) is 0 Å². The van der Waals surface area contributed by atoms with E-state index in [0.29, 0.717) is 19.3 Å². The second-order valence-corrected chi connectivity index (χ2v) is 21.2. The molecule has 0 saturated heterocycles. The summed E-state index contributed by atoms with van der Waals surface area (Å²) in [6.45, 7) is 4.22. The Morgan fingerprint density at radius 3 is 0.950 bits per heavy atom. The maximum absolute atomic E-state index is 12.9. The number of rotatable bonds is 55. The zero-order valence-corrected chi connectivity index (χ0v) is 50.9. The standard InChI is InChI=1S/C68H109O11P/c1-4-7-10-13-16-19-22-25-28-31-32-35-38-41-44-47-50-53-56-59-68(72)79-65(61-75-66(70)57-54-51-48-45-42-39-36-33-29-26-23-20-17-14-11-8-5-2)63-77-80(73,74)76-62-64(60-69)78-67(71)58-55-52-49-46-43-40-37-34-30-27-24-21-18-15-12-9-6-3/h7-12,16-21,25-30,32,35,37,40-41,44,64-65,69H,4-6,13-15,22-24,31,33-34,36,38-39,42-43,45-63H2,1-3H3,(H,73,74)/b10-7-,11-8-,12-9-,19-16-,20-17-,21-18-,28-25-,29-26-,30-27-,35-32-,40-37-,44-41-. The highest BCUT2D eigenvalue weighted by atomic mass is 31.2. The number of allylic oxidation sites excluding steroid dienone is 24. The van der Waals surface area contributed by atoms with Gasteiger partial charge in [-0.05, 0) is 135 Å². The molecule has 0 rings (SSSR count). The summed E-state index contributed by atoms with van der Waals surface area (Å²) in [5, 5.41) is 9.84. The maximum atomic E-state index is 12.9. The Balaban J connectivity index is 4.84. The molecule has 0 aromatic rings. The lowest BCUT2D eigenvalue weighted by molar-refractivity contribution is -0.161. The van der Waals surface area contributed by atoms with Crippen LogP contribution in [0.1, 0.15) is 226 Å². The molecule has 0 heterocycles. The van der Waals surface area contributed by atoms with Crippen LogP contribution in [0.4, 0.5) is 0 Å². The van der Waals surface area contributed by atoms with E-state index in [9.17, 15) is 28.9 Å². The van der Waals surface area contributed by atoms with Gasteiger partial charge in [-0.3, -0.25) is 23.4 Å². The zero-order valence-electron chi connectivity index (χ0n) is 50.0. The molecule has 0 aliphatic rings. The SMILES string of the molecule is CC/C=C\C/C=C\C/C=C\C/C=C\C/C=C\CCCCCC(=O)OC(COC(=O)CCCCCCCCC/C=C\C/C=C\C/C=C\CC)COP(=O)(O)OCC(CO)OC(=O)CCCCCC/C=C\C/C=C\C/C=C\C/C=C\CC. The maximum Gasteiger partial charge on any atom is 0.472 e. The number of aliphatic hydroxyl groups is 1. The van der Waals surface area contributed by atoms with Crippen LogP contribution in [-0.2, 0) is 42.2 Å². The highest BCUT2D eigenvalue weighted by molar-refractivity contribution is 7.47. The molecule has 12 heteroatoms. The molecule has 3 unspecified atom stereocenters. The highest BCUT2D eigenvalue weighted by Crippen LogP contribution is 2.43. The average Bonchev–Trinajstić information content (AvgIpc) is 3.45. The summed E-state index contributed by atoms with van der Waals surface area (Å²) in [6, 6.07) is 0. The lowest BCUT2D eigenvalue weighted by Gasteiger charge is -2.21. The van der Waals surface area contributed by atoms with Gasteiger partial charge in [-0.15, -0.1) is 0 Å². The molecule has 0 radical (unpaired) electrons. The first-order valence-corrected chi connectivity index (χ1v) is 32.2. The van der Waals surface area contributed by atoms with E-state index in [0.717, 1.165) is 154 Å². The second-order valence-electron chi connectivity index (χ2n) is 19.7. The molecule has 0 bridgehead atoms. The van der Waals surface area contributed by atoms with Gasteiger partial charge in [0.15, 0.2) is 6.10 Å². The van der Waals surface area contributed by atoms with Crippen LogP contribution in [0, 0.1) is 0 Å². The summed E-state index contributed by atoms with van der Waals surface area (Å²) in [4.78, 5) is 48.7. The van der Waals surface area contributed by atoms with Crippen LogP contribution < -0.4 is 0 Å². The Bertz CT molecular complexity index is 1900. The number of esters is 3. The van der Waals surface area contributed by atoms with Crippen molar-refractivity contribution in [1.82, 2.24) is 0 Å². The first kappa shape index (κ1) is 75.4. The number of carbonyl (C=O) groups excluding carboxylic acids is 3. The van der Waals surface area contributed by atoms with Crippen molar-refractivity contribution >= 4 is 25.7 Å². The molecule has 0 aromatic heterocycles. The fourth-order valence-corrected chi connectivity index (χ4v) is 8.47. The molecule has 11 nitrogen and oxygen atoms in total.